The third-order valence-corrected chi connectivity index (χ3v) is 6.04. The number of carbonyl (C=O) groups excluding carboxylic acids is 1. The molecule has 1 saturated heterocycles. The highest BCUT2D eigenvalue weighted by molar-refractivity contribution is 6.53. The topological polar surface area (TPSA) is 109 Å². The summed E-state index contributed by atoms with van der Waals surface area (Å²) in [5, 5.41) is 22.5. The van der Waals surface area contributed by atoms with E-state index in [1.54, 1.807) is 18.3 Å². The van der Waals surface area contributed by atoms with Gasteiger partial charge in [-0.05, 0) is 41.7 Å². The Morgan fingerprint density at radius 2 is 1.91 bits per heavy atom. The number of para-hydroxylation sites is 1. The first-order valence-corrected chi connectivity index (χ1v) is 11.1. The molecular weight excluding hydrogens is 434 g/mol. The number of morpholine rings is 1. The summed E-state index contributed by atoms with van der Waals surface area (Å²) in [4.78, 5) is 25.4. The smallest absolute Gasteiger partial charge is 0.276 e. The number of anilines is 1. The number of nitro groups is 1. The molecule has 9 nitrogen and oxygen atoms in total. The number of carbonyl (C=O) groups is 1. The van der Waals surface area contributed by atoms with Crippen LogP contribution < -0.4 is 5.32 Å². The number of nitro benzene ring substituents is 1. The van der Waals surface area contributed by atoms with Crippen molar-refractivity contribution in [2.24, 2.45) is 10.2 Å². The number of allylic oxidation sites excluding steroid dienone is 2. The SMILES string of the molecule is O=C1Nc2ccccc2/C1=N\N=C\C1=C(N2CCOCC2)C(=C/c2cccc([N+](=O)[O-])c2)/CC1. The molecule has 2 aliphatic heterocycles. The summed E-state index contributed by atoms with van der Waals surface area (Å²) >= 11 is 0. The molecule has 3 aliphatic rings. The highest BCUT2D eigenvalue weighted by Crippen LogP contribution is 2.35. The Bertz CT molecular complexity index is 1270. The van der Waals surface area contributed by atoms with Crippen molar-refractivity contribution in [2.45, 2.75) is 12.8 Å². The van der Waals surface area contributed by atoms with Crippen molar-refractivity contribution >= 4 is 35.3 Å². The molecule has 1 amide bonds. The molecule has 2 aromatic carbocycles. The maximum Gasteiger partial charge on any atom is 0.276 e. The number of ether oxygens (including phenoxy) is 1. The molecule has 0 aromatic heterocycles. The van der Waals surface area contributed by atoms with Crippen LogP contribution in [0, 0.1) is 10.1 Å². The van der Waals surface area contributed by atoms with Crippen molar-refractivity contribution in [3.63, 3.8) is 0 Å². The zero-order valence-electron chi connectivity index (χ0n) is 18.4. The second-order valence-electron chi connectivity index (χ2n) is 8.19. The average Bonchev–Trinajstić information content (AvgIpc) is 3.40. The Kier molecular flexibility index (Phi) is 6.01. The van der Waals surface area contributed by atoms with Crippen LogP contribution in [0.25, 0.3) is 6.08 Å². The van der Waals surface area contributed by atoms with Crippen molar-refractivity contribution in [3.05, 3.63) is 86.6 Å². The van der Waals surface area contributed by atoms with Crippen LogP contribution in [0.4, 0.5) is 11.4 Å². The van der Waals surface area contributed by atoms with E-state index in [1.165, 1.54) is 6.07 Å². The lowest BCUT2D eigenvalue weighted by molar-refractivity contribution is -0.384. The fourth-order valence-corrected chi connectivity index (χ4v) is 4.46. The number of rotatable bonds is 5. The summed E-state index contributed by atoms with van der Waals surface area (Å²) in [6.07, 6.45) is 5.28. The highest BCUT2D eigenvalue weighted by Gasteiger charge is 2.27. The van der Waals surface area contributed by atoms with Gasteiger partial charge in [0.05, 0.1) is 30.0 Å². The van der Waals surface area contributed by atoms with Gasteiger partial charge in [0, 0.05) is 36.5 Å². The number of non-ortho nitro benzene ring substituents is 1. The quantitative estimate of drug-likeness (QED) is 0.417. The first-order valence-electron chi connectivity index (χ1n) is 11.1. The Hall–Kier alpha value is -4.11. The van der Waals surface area contributed by atoms with Gasteiger partial charge in [-0.2, -0.15) is 5.10 Å². The molecule has 0 atom stereocenters. The minimum atomic E-state index is -0.385. The van der Waals surface area contributed by atoms with Gasteiger partial charge in [0.1, 0.15) is 0 Å². The third-order valence-electron chi connectivity index (χ3n) is 6.04. The zero-order valence-corrected chi connectivity index (χ0v) is 18.4. The van der Waals surface area contributed by atoms with Gasteiger partial charge in [0.25, 0.3) is 11.6 Å². The molecular formula is C25H23N5O4. The van der Waals surface area contributed by atoms with Crippen LogP contribution in [-0.2, 0) is 9.53 Å². The van der Waals surface area contributed by atoms with Crippen molar-refractivity contribution in [3.8, 4) is 0 Å². The summed E-state index contributed by atoms with van der Waals surface area (Å²) < 4.78 is 5.53. The van der Waals surface area contributed by atoms with Crippen molar-refractivity contribution in [1.82, 2.24) is 4.90 Å². The zero-order chi connectivity index (χ0) is 23.5. The average molecular weight is 457 g/mol. The van der Waals surface area contributed by atoms with E-state index in [0.29, 0.717) is 18.9 Å². The van der Waals surface area contributed by atoms with E-state index in [1.807, 2.05) is 36.4 Å². The van der Waals surface area contributed by atoms with E-state index in [2.05, 4.69) is 20.4 Å². The lowest BCUT2D eigenvalue weighted by Gasteiger charge is -2.31. The molecule has 0 radical (unpaired) electrons. The number of fused-ring (bicyclic) bond motifs is 1. The number of hydrogen-bond acceptors (Lipinski definition) is 7. The number of hydrogen-bond donors (Lipinski definition) is 1. The highest BCUT2D eigenvalue weighted by atomic mass is 16.6. The molecule has 172 valence electrons. The van der Waals surface area contributed by atoms with Gasteiger partial charge in [0.15, 0.2) is 5.71 Å². The lowest BCUT2D eigenvalue weighted by atomic mass is 10.1. The normalized spacial score (nSPS) is 20.5. The number of nitrogens with zero attached hydrogens (tertiary/aromatic N) is 4. The second-order valence-corrected chi connectivity index (χ2v) is 8.19. The molecule has 9 heteroatoms. The summed E-state index contributed by atoms with van der Waals surface area (Å²) in [5.74, 6) is -0.265. The molecule has 1 fully saturated rings. The van der Waals surface area contributed by atoms with E-state index in [-0.39, 0.29) is 16.5 Å². The van der Waals surface area contributed by atoms with Crippen LogP contribution >= 0.6 is 0 Å². The van der Waals surface area contributed by atoms with Gasteiger partial charge in [-0.15, -0.1) is 5.10 Å². The first-order chi connectivity index (χ1) is 16.6. The molecule has 1 N–H and O–H groups in total. The standard InChI is InChI=1S/C25H23N5O4/c31-25-23(21-6-1-2-7-22(21)27-25)28-26-16-19-9-8-18(24(19)29-10-12-34-13-11-29)14-17-4-3-5-20(15-17)30(32)33/h1-7,14-16H,8-13H2,(H,27,28,31)/b18-14+,26-16+. The lowest BCUT2D eigenvalue weighted by Crippen LogP contribution is -2.36. The predicted molar refractivity (Wildman–Crippen MR) is 130 cm³/mol. The van der Waals surface area contributed by atoms with Crippen molar-refractivity contribution in [1.29, 1.82) is 0 Å². The molecule has 0 spiro atoms. The summed E-state index contributed by atoms with van der Waals surface area (Å²) in [5.41, 5.74) is 5.81. The molecule has 34 heavy (non-hydrogen) atoms. The summed E-state index contributed by atoms with van der Waals surface area (Å²) in [6, 6.07) is 14.0. The maximum absolute atomic E-state index is 12.3. The predicted octanol–water partition coefficient (Wildman–Crippen LogP) is 3.79. The van der Waals surface area contributed by atoms with Crippen LogP contribution in [0.1, 0.15) is 24.0 Å². The van der Waals surface area contributed by atoms with E-state index in [0.717, 1.165) is 59.6 Å². The summed E-state index contributed by atoms with van der Waals surface area (Å²) in [7, 11) is 0. The Morgan fingerprint density at radius 3 is 2.74 bits per heavy atom. The summed E-state index contributed by atoms with van der Waals surface area (Å²) in [6.45, 7) is 2.78. The second kappa shape index (κ2) is 9.40. The largest absolute Gasteiger partial charge is 0.378 e. The van der Waals surface area contributed by atoms with E-state index >= 15 is 0 Å². The maximum atomic E-state index is 12.3. The van der Waals surface area contributed by atoms with Crippen LogP contribution in [-0.4, -0.2) is 54.0 Å². The molecule has 0 saturated carbocycles. The van der Waals surface area contributed by atoms with E-state index < -0.39 is 0 Å². The molecule has 5 rings (SSSR count). The van der Waals surface area contributed by atoms with Gasteiger partial charge < -0.3 is 15.0 Å². The minimum absolute atomic E-state index is 0.0666. The third kappa shape index (κ3) is 4.38. The molecule has 1 aliphatic carbocycles. The Morgan fingerprint density at radius 1 is 1.09 bits per heavy atom. The van der Waals surface area contributed by atoms with Gasteiger partial charge in [-0.1, -0.05) is 30.3 Å². The van der Waals surface area contributed by atoms with Gasteiger partial charge in [-0.25, -0.2) is 0 Å². The van der Waals surface area contributed by atoms with Gasteiger partial charge in [0.2, 0.25) is 0 Å². The van der Waals surface area contributed by atoms with Crippen molar-refractivity contribution in [2.75, 3.05) is 31.6 Å². The van der Waals surface area contributed by atoms with Gasteiger partial charge >= 0.3 is 0 Å². The fourth-order valence-electron chi connectivity index (χ4n) is 4.46. The van der Waals surface area contributed by atoms with Gasteiger partial charge in [-0.3, -0.25) is 14.9 Å². The van der Waals surface area contributed by atoms with Crippen LogP contribution in [0.3, 0.4) is 0 Å². The Labute approximate surface area is 196 Å². The molecule has 0 bridgehead atoms. The molecule has 2 aromatic rings. The van der Waals surface area contributed by atoms with E-state index in [9.17, 15) is 14.9 Å². The first kappa shape index (κ1) is 21.7. The molecule has 0 unspecified atom stereocenters. The number of nitrogens with one attached hydrogen (secondary N) is 1. The van der Waals surface area contributed by atoms with Crippen molar-refractivity contribution < 1.29 is 14.5 Å². The van der Waals surface area contributed by atoms with Crippen LogP contribution in [0.15, 0.2) is 75.6 Å². The minimum Gasteiger partial charge on any atom is -0.378 e. The Balaban J connectivity index is 1.48. The van der Waals surface area contributed by atoms with E-state index in [4.69, 9.17) is 4.74 Å². The van der Waals surface area contributed by atoms with Crippen LogP contribution in [0.5, 0.6) is 0 Å². The number of benzene rings is 2. The van der Waals surface area contributed by atoms with Crippen LogP contribution in [0.2, 0.25) is 0 Å². The number of amides is 1. The molecule has 2 heterocycles. The fraction of sp³-hybridized carbons (Fsp3) is 0.240. The monoisotopic (exact) mass is 457 g/mol.